The van der Waals surface area contributed by atoms with Gasteiger partial charge in [-0.2, -0.15) is 0 Å². The van der Waals surface area contributed by atoms with Gasteiger partial charge in [0.05, 0.1) is 5.75 Å². The highest BCUT2D eigenvalue weighted by Crippen LogP contribution is 2.40. The second-order valence-electron chi connectivity index (χ2n) is 5.60. The Morgan fingerprint density at radius 3 is 2.83 bits per heavy atom. The van der Waals surface area contributed by atoms with Crippen molar-refractivity contribution in [1.82, 2.24) is 10.2 Å². The van der Waals surface area contributed by atoms with Gasteiger partial charge in [-0.1, -0.05) is 25.1 Å². The molecule has 2 aliphatic heterocycles. The maximum absolute atomic E-state index is 12.3. The number of hydrogen-bond donors (Lipinski definition) is 1. The van der Waals surface area contributed by atoms with E-state index >= 15 is 0 Å². The fourth-order valence-electron chi connectivity index (χ4n) is 2.82. The number of nitrogens with zero attached hydrogens (tertiary/aromatic N) is 1. The number of rotatable bonds is 5. The van der Waals surface area contributed by atoms with Crippen LogP contribution in [0.2, 0.25) is 0 Å². The summed E-state index contributed by atoms with van der Waals surface area (Å²) in [7, 11) is 0. The van der Waals surface area contributed by atoms with Crippen molar-refractivity contribution in [3.05, 3.63) is 41.6 Å². The number of thioether (sulfide) groups is 2. The van der Waals surface area contributed by atoms with Crippen molar-refractivity contribution in [3.63, 3.8) is 0 Å². The summed E-state index contributed by atoms with van der Waals surface area (Å²) in [4.78, 5) is 27.3. The van der Waals surface area contributed by atoms with Crippen molar-refractivity contribution < 1.29 is 9.59 Å². The highest BCUT2D eigenvalue weighted by molar-refractivity contribution is 8.00. The molecule has 2 unspecified atom stereocenters. The maximum Gasteiger partial charge on any atom is 0.253 e. The molecular weight excluding hydrogens is 328 g/mol. The second-order valence-corrected chi connectivity index (χ2v) is 7.75. The molecule has 23 heavy (non-hydrogen) atoms. The van der Waals surface area contributed by atoms with Crippen molar-refractivity contribution >= 4 is 35.3 Å². The van der Waals surface area contributed by atoms with Gasteiger partial charge in [0.15, 0.2) is 0 Å². The van der Waals surface area contributed by atoms with Crippen LogP contribution in [0.5, 0.6) is 0 Å². The molecule has 4 nitrogen and oxygen atoms in total. The molecular formula is C17H20N2O2S2. The molecule has 3 rings (SSSR count). The number of benzene rings is 1. The molecule has 0 aromatic heterocycles. The fraction of sp³-hybridized carbons (Fsp3) is 0.412. The van der Waals surface area contributed by atoms with E-state index < -0.39 is 0 Å². The van der Waals surface area contributed by atoms with Crippen molar-refractivity contribution in [2.45, 2.75) is 36.6 Å². The van der Waals surface area contributed by atoms with Crippen LogP contribution in [0.1, 0.15) is 20.3 Å². The summed E-state index contributed by atoms with van der Waals surface area (Å²) in [6.07, 6.45) is 0.972. The van der Waals surface area contributed by atoms with Crippen LogP contribution in [0.25, 0.3) is 0 Å². The third kappa shape index (κ3) is 3.28. The highest BCUT2D eigenvalue weighted by atomic mass is 32.2. The first-order valence-corrected chi connectivity index (χ1v) is 9.75. The molecule has 1 saturated heterocycles. The van der Waals surface area contributed by atoms with Crippen LogP contribution in [0.3, 0.4) is 0 Å². The Labute approximate surface area is 145 Å². The number of fused-ring (bicyclic) bond motifs is 1. The second kappa shape index (κ2) is 7.01. The van der Waals surface area contributed by atoms with E-state index in [2.05, 4.69) is 12.2 Å². The number of carbonyl (C=O) groups is 2. The monoisotopic (exact) mass is 348 g/mol. The quantitative estimate of drug-likeness (QED) is 0.657. The molecule has 2 aliphatic rings. The summed E-state index contributed by atoms with van der Waals surface area (Å²) in [5.41, 5.74) is 2.40. The number of hydrogen-bond acceptors (Lipinski definition) is 4. The van der Waals surface area contributed by atoms with Crippen LogP contribution in [0.4, 0.5) is 0 Å². The summed E-state index contributed by atoms with van der Waals surface area (Å²) in [6, 6.07) is 9.43. The average Bonchev–Trinajstić information content (AvgIpc) is 2.58. The van der Waals surface area contributed by atoms with Crippen LogP contribution < -0.4 is 5.32 Å². The molecule has 6 heteroatoms. The van der Waals surface area contributed by atoms with Crippen LogP contribution >= 0.6 is 23.5 Å². The molecule has 0 radical (unpaired) electrons. The zero-order valence-electron chi connectivity index (χ0n) is 13.2. The molecule has 1 aromatic carbocycles. The third-order valence-electron chi connectivity index (χ3n) is 4.20. The molecule has 122 valence electrons. The van der Waals surface area contributed by atoms with E-state index in [1.807, 2.05) is 42.2 Å². The Morgan fingerprint density at radius 2 is 2.13 bits per heavy atom. The number of amides is 2. The fourth-order valence-corrected chi connectivity index (χ4v) is 5.13. The minimum atomic E-state index is -0.378. The lowest BCUT2D eigenvalue weighted by Gasteiger charge is -2.50. The molecule has 2 atom stereocenters. The number of β-lactam (4-membered cyclic amide) rings is 1. The summed E-state index contributed by atoms with van der Waals surface area (Å²) < 4.78 is 0. The van der Waals surface area contributed by atoms with Crippen LogP contribution in [-0.4, -0.2) is 39.6 Å². The average molecular weight is 348 g/mol. The van der Waals surface area contributed by atoms with Gasteiger partial charge >= 0.3 is 0 Å². The normalized spacial score (nSPS) is 23.4. The zero-order chi connectivity index (χ0) is 16.4. The molecule has 0 bridgehead atoms. The van der Waals surface area contributed by atoms with Crippen molar-refractivity contribution in [1.29, 1.82) is 0 Å². The third-order valence-corrected chi connectivity index (χ3v) is 6.55. The van der Waals surface area contributed by atoms with E-state index in [1.165, 1.54) is 17.3 Å². The minimum absolute atomic E-state index is 0.0173. The summed E-state index contributed by atoms with van der Waals surface area (Å²) in [5, 5.41) is 2.95. The first kappa shape index (κ1) is 16.5. The number of nitrogens with one attached hydrogen (secondary N) is 1. The van der Waals surface area contributed by atoms with Crippen molar-refractivity contribution in [2.24, 2.45) is 0 Å². The first-order chi connectivity index (χ1) is 11.1. The van der Waals surface area contributed by atoms with E-state index in [4.69, 9.17) is 0 Å². The topological polar surface area (TPSA) is 49.4 Å². The molecule has 0 saturated carbocycles. The summed E-state index contributed by atoms with van der Waals surface area (Å²) in [6.45, 7) is 4.12. The van der Waals surface area contributed by atoms with Gasteiger partial charge in [0, 0.05) is 16.3 Å². The van der Waals surface area contributed by atoms with E-state index in [-0.39, 0.29) is 23.2 Å². The van der Waals surface area contributed by atoms with Crippen molar-refractivity contribution in [2.75, 3.05) is 11.5 Å². The Hall–Kier alpha value is -1.40. The van der Waals surface area contributed by atoms with Gasteiger partial charge in [0.25, 0.3) is 5.91 Å². The minimum Gasteiger partial charge on any atom is -0.341 e. The van der Waals surface area contributed by atoms with Gasteiger partial charge in [-0.3, -0.25) is 14.5 Å². The lowest BCUT2D eigenvalue weighted by atomic mass is 10.0. The Morgan fingerprint density at radius 1 is 1.39 bits per heavy atom. The van der Waals surface area contributed by atoms with Gasteiger partial charge in [-0.05, 0) is 31.1 Å². The highest BCUT2D eigenvalue weighted by Gasteiger charge is 2.51. The molecule has 1 fully saturated rings. The van der Waals surface area contributed by atoms with E-state index in [0.29, 0.717) is 5.75 Å². The molecule has 2 heterocycles. The molecule has 0 aliphatic carbocycles. The summed E-state index contributed by atoms with van der Waals surface area (Å²) >= 11 is 3.23. The predicted octanol–water partition coefficient (Wildman–Crippen LogP) is 2.86. The maximum atomic E-state index is 12.3. The number of allylic oxidation sites excluding steroid dienone is 1. The first-order valence-electron chi connectivity index (χ1n) is 7.72. The number of carbonyl (C=O) groups excluding carboxylic acids is 2. The predicted molar refractivity (Wildman–Crippen MR) is 95.2 cm³/mol. The molecule has 1 N–H and O–H groups in total. The molecule has 1 aromatic rings. The SMILES string of the molecule is CCC1=C(C)N2C(=O)C(NC(=O)CSc3ccccc3)C2SC1. The van der Waals surface area contributed by atoms with Gasteiger partial charge in [-0.15, -0.1) is 23.5 Å². The summed E-state index contributed by atoms with van der Waals surface area (Å²) in [5.74, 6) is 1.21. The molecule has 2 amide bonds. The van der Waals surface area contributed by atoms with E-state index in [1.54, 1.807) is 11.8 Å². The van der Waals surface area contributed by atoms with Gasteiger partial charge in [0.1, 0.15) is 11.4 Å². The standard InChI is InChI=1S/C17H20N2O2S2/c1-3-12-9-23-17-15(16(21)19(17)11(12)2)18-14(20)10-22-13-7-5-4-6-8-13/h4-8,15,17H,3,9-10H2,1-2H3,(H,18,20). The van der Waals surface area contributed by atoms with Crippen LogP contribution in [0.15, 0.2) is 46.5 Å². The van der Waals surface area contributed by atoms with E-state index in [9.17, 15) is 9.59 Å². The van der Waals surface area contributed by atoms with E-state index in [0.717, 1.165) is 22.8 Å². The Bertz CT molecular complexity index is 645. The van der Waals surface area contributed by atoms with Gasteiger partial charge in [-0.25, -0.2) is 0 Å². The lowest BCUT2D eigenvalue weighted by Crippen LogP contribution is -2.69. The Balaban J connectivity index is 1.55. The van der Waals surface area contributed by atoms with Crippen LogP contribution in [-0.2, 0) is 9.59 Å². The van der Waals surface area contributed by atoms with Gasteiger partial charge < -0.3 is 5.32 Å². The van der Waals surface area contributed by atoms with Crippen molar-refractivity contribution in [3.8, 4) is 0 Å². The Kier molecular flexibility index (Phi) is 5.02. The van der Waals surface area contributed by atoms with Gasteiger partial charge in [0.2, 0.25) is 5.91 Å². The largest absolute Gasteiger partial charge is 0.341 e. The molecule has 0 spiro atoms. The lowest BCUT2D eigenvalue weighted by molar-refractivity contribution is -0.145. The van der Waals surface area contributed by atoms with Crippen LogP contribution in [0, 0.1) is 0 Å². The zero-order valence-corrected chi connectivity index (χ0v) is 14.9. The smallest absolute Gasteiger partial charge is 0.253 e.